The lowest BCUT2D eigenvalue weighted by Crippen LogP contribution is -2.15. The SMILES string of the molecule is COC(=O)c1cnc(-c2[c]c[nH]n2)cc1C(F)(F)F. The van der Waals surface area contributed by atoms with E-state index in [-0.39, 0.29) is 11.4 Å². The first kappa shape index (κ1) is 13.1. The van der Waals surface area contributed by atoms with Gasteiger partial charge in [-0.3, -0.25) is 10.1 Å². The number of aromatic nitrogens is 3. The van der Waals surface area contributed by atoms with Crippen molar-refractivity contribution < 1.29 is 22.7 Å². The van der Waals surface area contributed by atoms with Crippen LogP contribution < -0.4 is 0 Å². The molecule has 0 bridgehead atoms. The summed E-state index contributed by atoms with van der Waals surface area (Å²) < 4.78 is 43.0. The van der Waals surface area contributed by atoms with Crippen LogP contribution in [0, 0.1) is 6.07 Å². The van der Waals surface area contributed by atoms with Gasteiger partial charge in [0.25, 0.3) is 0 Å². The van der Waals surface area contributed by atoms with Gasteiger partial charge in [0.1, 0.15) is 5.69 Å². The Labute approximate surface area is 105 Å². The summed E-state index contributed by atoms with van der Waals surface area (Å²) in [7, 11) is 0.998. The van der Waals surface area contributed by atoms with E-state index in [1.54, 1.807) is 0 Å². The number of rotatable bonds is 2. The van der Waals surface area contributed by atoms with Crippen LogP contribution in [0.5, 0.6) is 0 Å². The number of carbonyl (C=O) groups is 1. The van der Waals surface area contributed by atoms with Gasteiger partial charge in [0, 0.05) is 18.5 Å². The van der Waals surface area contributed by atoms with Gasteiger partial charge < -0.3 is 4.74 Å². The predicted molar refractivity (Wildman–Crippen MR) is 57.0 cm³/mol. The molecule has 99 valence electrons. The smallest absolute Gasteiger partial charge is 0.417 e. The number of H-pyrrole nitrogens is 1. The topological polar surface area (TPSA) is 67.9 Å². The van der Waals surface area contributed by atoms with E-state index in [1.165, 1.54) is 6.20 Å². The minimum atomic E-state index is -4.70. The van der Waals surface area contributed by atoms with Crippen molar-refractivity contribution in [3.8, 4) is 11.4 Å². The number of ether oxygens (including phenoxy) is 1. The third-order valence-corrected chi connectivity index (χ3v) is 2.31. The van der Waals surface area contributed by atoms with Gasteiger partial charge in [0.15, 0.2) is 0 Å². The Morgan fingerprint density at radius 3 is 2.74 bits per heavy atom. The molecule has 0 aromatic carbocycles. The van der Waals surface area contributed by atoms with Gasteiger partial charge in [0.05, 0.1) is 23.9 Å². The zero-order valence-corrected chi connectivity index (χ0v) is 9.58. The molecular formula is C11H7F3N3O2. The summed E-state index contributed by atoms with van der Waals surface area (Å²) in [4.78, 5) is 15.0. The van der Waals surface area contributed by atoms with E-state index in [2.05, 4.69) is 26.0 Å². The molecule has 0 aliphatic rings. The molecule has 2 aromatic heterocycles. The summed E-state index contributed by atoms with van der Waals surface area (Å²) in [5.74, 6) is -1.10. The Morgan fingerprint density at radius 1 is 1.47 bits per heavy atom. The number of esters is 1. The van der Waals surface area contributed by atoms with E-state index in [1.807, 2.05) is 0 Å². The number of methoxy groups -OCH3 is 1. The third kappa shape index (κ3) is 2.56. The molecule has 2 aromatic rings. The highest BCUT2D eigenvalue weighted by Crippen LogP contribution is 2.33. The van der Waals surface area contributed by atoms with E-state index < -0.39 is 23.3 Å². The van der Waals surface area contributed by atoms with Gasteiger partial charge >= 0.3 is 12.1 Å². The molecule has 0 amide bonds. The van der Waals surface area contributed by atoms with Gasteiger partial charge in [-0.25, -0.2) is 4.79 Å². The fourth-order valence-corrected chi connectivity index (χ4v) is 1.45. The highest BCUT2D eigenvalue weighted by atomic mass is 19.4. The first-order valence-corrected chi connectivity index (χ1v) is 5.01. The van der Waals surface area contributed by atoms with E-state index in [4.69, 9.17) is 0 Å². The molecule has 0 fully saturated rings. The standard InChI is InChI=1S/C11H7F3N3O2/c1-19-10(18)6-5-15-9(8-2-3-16-17-8)4-7(6)11(12,13)14/h3-5H,1H3,(H,16,17). The van der Waals surface area contributed by atoms with Crippen LogP contribution in [0.15, 0.2) is 18.5 Å². The molecule has 5 nitrogen and oxygen atoms in total. The van der Waals surface area contributed by atoms with Crippen LogP contribution in [0.25, 0.3) is 11.4 Å². The first-order chi connectivity index (χ1) is 8.93. The molecule has 0 saturated heterocycles. The number of carbonyl (C=O) groups excluding carboxylic acids is 1. The molecule has 0 aliphatic carbocycles. The zero-order valence-electron chi connectivity index (χ0n) is 9.58. The average molecular weight is 270 g/mol. The number of nitrogens with one attached hydrogen (secondary N) is 1. The number of hydrogen-bond acceptors (Lipinski definition) is 4. The van der Waals surface area contributed by atoms with Crippen LogP contribution in [-0.4, -0.2) is 28.3 Å². The highest BCUT2D eigenvalue weighted by Gasteiger charge is 2.36. The Hall–Kier alpha value is -2.38. The van der Waals surface area contributed by atoms with Crippen molar-refractivity contribution in [1.29, 1.82) is 0 Å². The molecule has 0 unspecified atom stereocenters. The number of halogens is 3. The molecule has 1 N–H and O–H groups in total. The maximum Gasteiger partial charge on any atom is 0.417 e. The lowest BCUT2D eigenvalue weighted by Gasteiger charge is -2.11. The monoisotopic (exact) mass is 270 g/mol. The number of aromatic amines is 1. The Bertz CT molecular complexity index is 594. The summed E-state index contributed by atoms with van der Waals surface area (Å²) in [6.07, 6.45) is -2.55. The molecule has 0 atom stereocenters. The largest absolute Gasteiger partial charge is 0.465 e. The van der Waals surface area contributed by atoms with Crippen molar-refractivity contribution in [3.05, 3.63) is 35.7 Å². The molecule has 0 spiro atoms. The van der Waals surface area contributed by atoms with Crippen LogP contribution in [-0.2, 0) is 10.9 Å². The van der Waals surface area contributed by atoms with Crippen LogP contribution in [0.2, 0.25) is 0 Å². The number of pyridine rings is 1. The number of nitrogens with zero attached hydrogens (tertiary/aromatic N) is 2. The Balaban J connectivity index is 2.57. The van der Waals surface area contributed by atoms with Gasteiger partial charge in [-0.15, -0.1) is 0 Å². The minimum Gasteiger partial charge on any atom is -0.465 e. The van der Waals surface area contributed by atoms with Gasteiger partial charge in [0.2, 0.25) is 0 Å². The fraction of sp³-hybridized carbons (Fsp3) is 0.182. The van der Waals surface area contributed by atoms with Crippen molar-refractivity contribution in [2.45, 2.75) is 6.18 Å². The van der Waals surface area contributed by atoms with E-state index in [0.717, 1.165) is 19.4 Å². The maximum atomic E-state index is 12.9. The number of hydrogen-bond donors (Lipinski definition) is 1. The first-order valence-electron chi connectivity index (χ1n) is 5.01. The van der Waals surface area contributed by atoms with E-state index in [0.29, 0.717) is 0 Å². The lowest BCUT2D eigenvalue weighted by molar-refractivity contribution is -0.138. The van der Waals surface area contributed by atoms with E-state index in [9.17, 15) is 18.0 Å². The summed E-state index contributed by atoms with van der Waals surface area (Å²) in [6.45, 7) is 0. The molecule has 8 heteroatoms. The molecule has 2 heterocycles. The van der Waals surface area contributed by atoms with Crippen LogP contribution in [0.3, 0.4) is 0 Å². The van der Waals surface area contributed by atoms with Crippen molar-refractivity contribution in [3.63, 3.8) is 0 Å². The van der Waals surface area contributed by atoms with Crippen molar-refractivity contribution >= 4 is 5.97 Å². The van der Waals surface area contributed by atoms with Gasteiger partial charge in [-0.1, -0.05) is 0 Å². The molecule has 0 aliphatic heterocycles. The second-order valence-corrected chi connectivity index (χ2v) is 3.48. The zero-order chi connectivity index (χ0) is 14.0. The third-order valence-electron chi connectivity index (χ3n) is 2.31. The second-order valence-electron chi connectivity index (χ2n) is 3.48. The molecule has 1 radical (unpaired) electrons. The predicted octanol–water partition coefficient (Wildman–Crippen LogP) is 2.08. The normalized spacial score (nSPS) is 11.4. The van der Waals surface area contributed by atoms with Crippen molar-refractivity contribution in [1.82, 2.24) is 15.2 Å². The van der Waals surface area contributed by atoms with Crippen LogP contribution in [0.1, 0.15) is 15.9 Å². The molecule has 19 heavy (non-hydrogen) atoms. The highest BCUT2D eigenvalue weighted by molar-refractivity contribution is 5.91. The van der Waals surface area contributed by atoms with Crippen molar-refractivity contribution in [2.24, 2.45) is 0 Å². The van der Waals surface area contributed by atoms with Crippen LogP contribution in [0.4, 0.5) is 13.2 Å². The van der Waals surface area contributed by atoms with Crippen molar-refractivity contribution in [2.75, 3.05) is 7.11 Å². The van der Waals surface area contributed by atoms with E-state index >= 15 is 0 Å². The summed E-state index contributed by atoms with van der Waals surface area (Å²) >= 11 is 0. The number of alkyl halides is 3. The van der Waals surface area contributed by atoms with Gasteiger partial charge in [-0.05, 0) is 6.07 Å². The Morgan fingerprint density at radius 2 is 2.21 bits per heavy atom. The Kier molecular flexibility index (Phi) is 3.24. The molecule has 0 saturated carbocycles. The molecular weight excluding hydrogens is 263 g/mol. The summed E-state index contributed by atoms with van der Waals surface area (Å²) in [5.41, 5.74) is -1.68. The minimum absolute atomic E-state index is 0.0405. The van der Waals surface area contributed by atoms with Crippen LogP contribution >= 0.6 is 0 Å². The maximum absolute atomic E-state index is 12.9. The lowest BCUT2D eigenvalue weighted by atomic mass is 10.1. The molecule has 2 rings (SSSR count). The average Bonchev–Trinajstić information content (AvgIpc) is 2.90. The fourth-order valence-electron chi connectivity index (χ4n) is 1.45. The summed E-state index contributed by atoms with van der Waals surface area (Å²) in [5, 5.41) is 6.09. The van der Waals surface area contributed by atoms with Gasteiger partial charge in [-0.2, -0.15) is 18.3 Å². The summed E-state index contributed by atoms with van der Waals surface area (Å²) in [6, 6.07) is 3.32. The quantitative estimate of drug-likeness (QED) is 0.848. The second kappa shape index (κ2) is 4.71.